The third kappa shape index (κ3) is 3.64. The van der Waals surface area contributed by atoms with Crippen molar-refractivity contribution in [2.45, 2.75) is 38.3 Å². The standard InChI is InChI=1S/C19H23NO/c1-14(16-8-10-19(21-2)11-9-16)20-13-15-4-3-5-18(12-15)17-6-7-17/h3-5,8-12,14,17,20H,6-7,13H2,1-2H3/t14-/m0/s1. The average Bonchev–Trinajstić information content (AvgIpc) is 3.38. The van der Waals surface area contributed by atoms with Crippen LogP contribution in [-0.2, 0) is 6.54 Å². The maximum absolute atomic E-state index is 5.20. The lowest BCUT2D eigenvalue weighted by atomic mass is 10.1. The van der Waals surface area contributed by atoms with Crippen molar-refractivity contribution < 1.29 is 4.74 Å². The highest BCUT2D eigenvalue weighted by molar-refractivity contribution is 5.30. The number of hydrogen-bond acceptors (Lipinski definition) is 2. The number of methoxy groups -OCH3 is 1. The van der Waals surface area contributed by atoms with E-state index in [2.05, 4.69) is 48.6 Å². The van der Waals surface area contributed by atoms with Gasteiger partial charge in [-0.15, -0.1) is 0 Å². The first kappa shape index (κ1) is 14.2. The minimum atomic E-state index is 0.334. The molecule has 0 bridgehead atoms. The van der Waals surface area contributed by atoms with Crippen molar-refractivity contribution in [2.75, 3.05) is 7.11 Å². The minimum Gasteiger partial charge on any atom is -0.497 e. The molecule has 0 spiro atoms. The van der Waals surface area contributed by atoms with Crippen molar-refractivity contribution in [3.63, 3.8) is 0 Å². The van der Waals surface area contributed by atoms with E-state index in [1.54, 1.807) is 7.11 Å². The van der Waals surface area contributed by atoms with Crippen LogP contribution in [0.25, 0.3) is 0 Å². The first-order chi connectivity index (χ1) is 10.3. The molecular weight excluding hydrogens is 258 g/mol. The maximum Gasteiger partial charge on any atom is 0.118 e. The lowest BCUT2D eigenvalue weighted by Gasteiger charge is -2.15. The molecule has 0 amide bonds. The lowest BCUT2D eigenvalue weighted by molar-refractivity contribution is 0.414. The molecule has 0 aromatic heterocycles. The zero-order valence-corrected chi connectivity index (χ0v) is 12.8. The minimum absolute atomic E-state index is 0.334. The van der Waals surface area contributed by atoms with Gasteiger partial charge >= 0.3 is 0 Å². The Kier molecular flexibility index (Phi) is 4.26. The summed E-state index contributed by atoms with van der Waals surface area (Å²) in [6.07, 6.45) is 2.72. The van der Waals surface area contributed by atoms with E-state index >= 15 is 0 Å². The average molecular weight is 281 g/mol. The van der Waals surface area contributed by atoms with E-state index in [0.29, 0.717) is 6.04 Å². The number of rotatable bonds is 6. The Morgan fingerprint density at radius 3 is 2.57 bits per heavy atom. The van der Waals surface area contributed by atoms with Gasteiger partial charge in [-0.25, -0.2) is 0 Å². The summed E-state index contributed by atoms with van der Waals surface area (Å²) in [4.78, 5) is 0. The Labute approximate surface area is 127 Å². The molecule has 0 aliphatic heterocycles. The van der Waals surface area contributed by atoms with Gasteiger partial charge in [-0.1, -0.05) is 36.4 Å². The highest BCUT2D eigenvalue weighted by atomic mass is 16.5. The largest absolute Gasteiger partial charge is 0.497 e. The van der Waals surface area contributed by atoms with Crippen LogP contribution >= 0.6 is 0 Å². The van der Waals surface area contributed by atoms with Gasteiger partial charge in [0.15, 0.2) is 0 Å². The summed E-state index contributed by atoms with van der Waals surface area (Å²) in [5.41, 5.74) is 4.17. The Morgan fingerprint density at radius 2 is 1.90 bits per heavy atom. The van der Waals surface area contributed by atoms with Crippen LogP contribution < -0.4 is 10.1 Å². The van der Waals surface area contributed by atoms with Crippen LogP contribution in [0, 0.1) is 0 Å². The van der Waals surface area contributed by atoms with Crippen molar-refractivity contribution >= 4 is 0 Å². The molecule has 2 heteroatoms. The molecule has 0 radical (unpaired) electrons. The fourth-order valence-electron chi connectivity index (χ4n) is 2.66. The van der Waals surface area contributed by atoms with E-state index < -0.39 is 0 Å². The molecule has 110 valence electrons. The van der Waals surface area contributed by atoms with Crippen molar-refractivity contribution in [3.8, 4) is 5.75 Å². The van der Waals surface area contributed by atoms with Gasteiger partial charge < -0.3 is 10.1 Å². The summed E-state index contributed by atoms with van der Waals surface area (Å²) in [7, 11) is 1.70. The molecule has 21 heavy (non-hydrogen) atoms. The molecule has 2 aromatic rings. The second-order valence-corrected chi connectivity index (χ2v) is 5.90. The highest BCUT2D eigenvalue weighted by Crippen LogP contribution is 2.40. The summed E-state index contributed by atoms with van der Waals surface area (Å²) < 4.78 is 5.20. The van der Waals surface area contributed by atoms with Crippen molar-refractivity contribution in [1.29, 1.82) is 0 Å². The SMILES string of the molecule is COc1ccc([C@H](C)NCc2cccc(C3CC3)c2)cc1. The van der Waals surface area contributed by atoms with Gasteiger partial charge in [0.2, 0.25) is 0 Å². The third-order valence-corrected chi connectivity index (χ3v) is 4.23. The van der Waals surface area contributed by atoms with Crippen LogP contribution in [0.4, 0.5) is 0 Å². The molecule has 3 rings (SSSR count). The topological polar surface area (TPSA) is 21.3 Å². The molecule has 0 heterocycles. The lowest BCUT2D eigenvalue weighted by Crippen LogP contribution is -2.18. The molecule has 1 N–H and O–H groups in total. The Balaban J connectivity index is 1.59. The van der Waals surface area contributed by atoms with E-state index in [1.165, 1.54) is 29.5 Å². The summed E-state index contributed by atoms with van der Waals surface area (Å²) >= 11 is 0. The molecule has 0 saturated heterocycles. The zero-order chi connectivity index (χ0) is 14.7. The summed E-state index contributed by atoms with van der Waals surface area (Å²) in [6.45, 7) is 3.11. The second kappa shape index (κ2) is 6.31. The number of benzene rings is 2. The van der Waals surface area contributed by atoms with Crippen LogP contribution in [0.2, 0.25) is 0 Å². The van der Waals surface area contributed by atoms with Crippen molar-refractivity contribution in [1.82, 2.24) is 5.32 Å². The van der Waals surface area contributed by atoms with Gasteiger partial charge in [-0.3, -0.25) is 0 Å². The summed E-state index contributed by atoms with van der Waals surface area (Å²) in [5.74, 6) is 1.73. The third-order valence-electron chi connectivity index (χ3n) is 4.23. The zero-order valence-electron chi connectivity index (χ0n) is 12.8. The normalized spacial score (nSPS) is 15.7. The van der Waals surface area contributed by atoms with Gasteiger partial charge in [0, 0.05) is 12.6 Å². The predicted molar refractivity (Wildman–Crippen MR) is 86.7 cm³/mol. The van der Waals surface area contributed by atoms with Crippen molar-refractivity contribution in [2.24, 2.45) is 0 Å². The Morgan fingerprint density at radius 1 is 1.14 bits per heavy atom. The van der Waals surface area contributed by atoms with Gasteiger partial charge in [-0.2, -0.15) is 0 Å². The Hall–Kier alpha value is -1.80. The maximum atomic E-state index is 5.20. The van der Waals surface area contributed by atoms with E-state index in [9.17, 15) is 0 Å². The highest BCUT2D eigenvalue weighted by Gasteiger charge is 2.23. The van der Waals surface area contributed by atoms with Crippen LogP contribution in [0.1, 0.15) is 48.4 Å². The van der Waals surface area contributed by atoms with Crippen LogP contribution in [0.5, 0.6) is 5.75 Å². The fraction of sp³-hybridized carbons (Fsp3) is 0.368. The van der Waals surface area contributed by atoms with E-state index in [0.717, 1.165) is 18.2 Å². The number of ether oxygens (including phenoxy) is 1. The number of hydrogen-bond donors (Lipinski definition) is 1. The van der Waals surface area contributed by atoms with Gasteiger partial charge in [0.25, 0.3) is 0 Å². The molecule has 0 unspecified atom stereocenters. The van der Waals surface area contributed by atoms with E-state index in [4.69, 9.17) is 4.74 Å². The first-order valence-corrected chi connectivity index (χ1v) is 7.72. The molecule has 2 nitrogen and oxygen atoms in total. The molecule has 1 aliphatic rings. The fourth-order valence-corrected chi connectivity index (χ4v) is 2.66. The number of nitrogens with one attached hydrogen (secondary N) is 1. The molecule has 1 aliphatic carbocycles. The molecular formula is C19H23NO. The summed E-state index contributed by atoms with van der Waals surface area (Å²) in [6, 6.07) is 17.6. The monoisotopic (exact) mass is 281 g/mol. The van der Waals surface area contributed by atoms with Crippen LogP contribution in [-0.4, -0.2) is 7.11 Å². The van der Waals surface area contributed by atoms with E-state index in [-0.39, 0.29) is 0 Å². The van der Waals surface area contributed by atoms with Crippen LogP contribution in [0.15, 0.2) is 48.5 Å². The molecule has 1 atom stereocenters. The first-order valence-electron chi connectivity index (χ1n) is 7.72. The molecule has 1 fully saturated rings. The summed E-state index contributed by atoms with van der Waals surface area (Å²) in [5, 5.41) is 3.60. The molecule has 1 saturated carbocycles. The van der Waals surface area contributed by atoms with E-state index in [1.807, 2.05) is 12.1 Å². The van der Waals surface area contributed by atoms with Gasteiger partial charge in [-0.05, 0) is 54.5 Å². The van der Waals surface area contributed by atoms with Gasteiger partial charge in [0.05, 0.1) is 7.11 Å². The van der Waals surface area contributed by atoms with Crippen LogP contribution in [0.3, 0.4) is 0 Å². The second-order valence-electron chi connectivity index (χ2n) is 5.90. The molecule has 2 aromatic carbocycles. The quantitative estimate of drug-likeness (QED) is 0.846. The van der Waals surface area contributed by atoms with Gasteiger partial charge in [0.1, 0.15) is 5.75 Å². The Bertz CT molecular complexity index is 587. The predicted octanol–water partition coefficient (Wildman–Crippen LogP) is 4.42. The smallest absolute Gasteiger partial charge is 0.118 e. The van der Waals surface area contributed by atoms with Crippen molar-refractivity contribution in [3.05, 3.63) is 65.2 Å².